The molecule has 0 aliphatic rings. The standard InChI is InChI=1S/C10H11Cl3O3S/c1-16-10-4-7(11)6(3-8(10)12)9(13)5-17(2,14)15/h3-4,9H,5H2,1-2H3. The third-order valence-electron chi connectivity index (χ3n) is 2.06. The molecule has 96 valence electrons. The van der Waals surface area contributed by atoms with Crippen LogP contribution in [0.5, 0.6) is 5.75 Å². The molecule has 1 aromatic carbocycles. The van der Waals surface area contributed by atoms with Crippen molar-refractivity contribution in [2.75, 3.05) is 19.1 Å². The van der Waals surface area contributed by atoms with Crippen LogP contribution >= 0.6 is 34.8 Å². The number of methoxy groups -OCH3 is 1. The van der Waals surface area contributed by atoms with E-state index in [-0.39, 0.29) is 5.75 Å². The van der Waals surface area contributed by atoms with E-state index in [1.807, 2.05) is 0 Å². The van der Waals surface area contributed by atoms with Crippen LogP contribution in [0.1, 0.15) is 10.9 Å². The zero-order chi connectivity index (χ0) is 13.2. The van der Waals surface area contributed by atoms with Crippen molar-refractivity contribution >= 4 is 44.6 Å². The quantitative estimate of drug-likeness (QED) is 0.800. The lowest BCUT2D eigenvalue weighted by atomic mass is 10.1. The summed E-state index contributed by atoms with van der Waals surface area (Å²) in [6, 6.07) is 3.03. The Kier molecular flexibility index (Phi) is 4.95. The third kappa shape index (κ3) is 4.21. The van der Waals surface area contributed by atoms with Crippen LogP contribution in [-0.2, 0) is 9.84 Å². The molecule has 0 spiro atoms. The maximum Gasteiger partial charge on any atom is 0.149 e. The first-order chi connectivity index (χ1) is 7.74. The molecule has 1 unspecified atom stereocenters. The molecular formula is C10H11Cl3O3S. The summed E-state index contributed by atoms with van der Waals surface area (Å²) < 4.78 is 27.3. The van der Waals surface area contributed by atoms with Crippen molar-refractivity contribution in [1.29, 1.82) is 0 Å². The Labute approximate surface area is 116 Å². The molecule has 0 bridgehead atoms. The average molecular weight is 318 g/mol. The van der Waals surface area contributed by atoms with E-state index < -0.39 is 15.2 Å². The summed E-state index contributed by atoms with van der Waals surface area (Å²) in [5.41, 5.74) is 0.476. The fourth-order valence-corrected chi connectivity index (χ4v) is 3.46. The van der Waals surface area contributed by atoms with Gasteiger partial charge >= 0.3 is 0 Å². The highest BCUT2D eigenvalue weighted by molar-refractivity contribution is 7.90. The van der Waals surface area contributed by atoms with Gasteiger partial charge in [0.15, 0.2) is 0 Å². The fourth-order valence-electron chi connectivity index (χ4n) is 1.30. The van der Waals surface area contributed by atoms with Crippen molar-refractivity contribution < 1.29 is 13.2 Å². The monoisotopic (exact) mass is 316 g/mol. The normalized spacial score (nSPS) is 13.5. The van der Waals surface area contributed by atoms with Crippen LogP contribution in [-0.4, -0.2) is 27.5 Å². The van der Waals surface area contributed by atoms with Crippen molar-refractivity contribution in [1.82, 2.24) is 0 Å². The van der Waals surface area contributed by atoms with Gasteiger partial charge in [-0.25, -0.2) is 8.42 Å². The molecule has 0 N–H and O–H groups in total. The molecule has 0 saturated carbocycles. The van der Waals surface area contributed by atoms with Crippen molar-refractivity contribution in [3.8, 4) is 5.75 Å². The van der Waals surface area contributed by atoms with Gasteiger partial charge < -0.3 is 4.74 Å². The van der Waals surface area contributed by atoms with Gasteiger partial charge in [0.2, 0.25) is 0 Å². The summed E-state index contributed by atoms with van der Waals surface area (Å²) in [5, 5.41) is -0.0677. The number of benzene rings is 1. The van der Waals surface area contributed by atoms with E-state index in [2.05, 4.69) is 0 Å². The second-order valence-corrected chi connectivity index (χ2v) is 7.09. The van der Waals surface area contributed by atoms with Crippen molar-refractivity contribution in [3.63, 3.8) is 0 Å². The van der Waals surface area contributed by atoms with Crippen LogP contribution in [0, 0.1) is 0 Å². The van der Waals surface area contributed by atoms with E-state index in [1.165, 1.54) is 19.2 Å². The first kappa shape index (κ1) is 14.9. The number of alkyl halides is 1. The first-order valence-electron chi connectivity index (χ1n) is 4.59. The van der Waals surface area contributed by atoms with E-state index in [0.29, 0.717) is 21.4 Å². The van der Waals surface area contributed by atoms with Crippen molar-refractivity contribution in [3.05, 3.63) is 27.7 Å². The summed E-state index contributed by atoms with van der Waals surface area (Å²) >= 11 is 17.9. The largest absolute Gasteiger partial charge is 0.495 e. The molecule has 7 heteroatoms. The van der Waals surface area contributed by atoms with Gasteiger partial charge in [0, 0.05) is 17.3 Å². The molecule has 17 heavy (non-hydrogen) atoms. The fraction of sp³-hybridized carbons (Fsp3) is 0.400. The second kappa shape index (κ2) is 5.65. The molecule has 0 aromatic heterocycles. The average Bonchev–Trinajstić information content (AvgIpc) is 2.18. The van der Waals surface area contributed by atoms with E-state index in [0.717, 1.165) is 6.26 Å². The molecule has 0 saturated heterocycles. The molecule has 1 aromatic rings. The SMILES string of the molecule is COc1cc(Cl)c(C(Cl)CS(C)(=O)=O)cc1Cl. The Bertz CT molecular complexity index is 514. The van der Waals surface area contributed by atoms with Crippen LogP contribution in [0.25, 0.3) is 0 Å². The zero-order valence-corrected chi connectivity index (χ0v) is 12.3. The Morgan fingerprint density at radius 1 is 1.29 bits per heavy atom. The van der Waals surface area contributed by atoms with Gasteiger partial charge in [-0.2, -0.15) is 0 Å². The van der Waals surface area contributed by atoms with Crippen LogP contribution in [0.15, 0.2) is 12.1 Å². The predicted octanol–water partition coefficient (Wildman–Crippen LogP) is 3.33. The molecule has 3 nitrogen and oxygen atoms in total. The maximum absolute atomic E-state index is 11.1. The summed E-state index contributed by atoms with van der Waals surface area (Å²) in [7, 11) is -1.72. The lowest BCUT2D eigenvalue weighted by molar-refractivity contribution is 0.415. The summed E-state index contributed by atoms with van der Waals surface area (Å²) in [5.74, 6) is 0.223. The van der Waals surface area contributed by atoms with Crippen LogP contribution in [0.3, 0.4) is 0 Å². The highest BCUT2D eigenvalue weighted by atomic mass is 35.5. The van der Waals surface area contributed by atoms with Crippen LogP contribution in [0.4, 0.5) is 0 Å². The van der Waals surface area contributed by atoms with Gasteiger partial charge in [-0.15, -0.1) is 11.6 Å². The zero-order valence-electron chi connectivity index (χ0n) is 9.21. The summed E-state index contributed by atoms with van der Waals surface area (Å²) in [4.78, 5) is 0. The number of hydrogen-bond acceptors (Lipinski definition) is 3. The topological polar surface area (TPSA) is 43.4 Å². The van der Waals surface area contributed by atoms with E-state index in [9.17, 15) is 8.42 Å². The molecule has 1 atom stereocenters. The summed E-state index contributed by atoms with van der Waals surface area (Å²) in [6.07, 6.45) is 1.11. The van der Waals surface area contributed by atoms with Gasteiger partial charge in [0.1, 0.15) is 15.6 Å². The smallest absolute Gasteiger partial charge is 0.149 e. The Morgan fingerprint density at radius 2 is 1.88 bits per heavy atom. The molecule has 0 aliphatic heterocycles. The number of sulfone groups is 1. The highest BCUT2D eigenvalue weighted by Crippen LogP contribution is 2.36. The minimum atomic E-state index is -3.18. The van der Waals surface area contributed by atoms with Crippen molar-refractivity contribution in [2.45, 2.75) is 5.38 Å². The van der Waals surface area contributed by atoms with Gasteiger partial charge in [0.05, 0.1) is 23.3 Å². The summed E-state index contributed by atoms with van der Waals surface area (Å²) in [6.45, 7) is 0. The Morgan fingerprint density at radius 3 is 2.35 bits per heavy atom. The number of halogens is 3. The van der Waals surface area contributed by atoms with E-state index in [4.69, 9.17) is 39.5 Å². The molecule has 0 amide bonds. The number of rotatable bonds is 4. The molecule has 1 rings (SSSR count). The number of hydrogen-bond donors (Lipinski definition) is 0. The molecule has 0 radical (unpaired) electrons. The van der Waals surface area contributed by atoms with Crippen molar-refractivity contribution in [2.24, 2.45) is 0 Å². The van der Waals surface area contributed by atoms with Gasteiger partial charge in [-0.05, 0) is 11.6 Å². The van der Waals surface area contributed by atoms with Crippen LogP contribution in [0.2, 0.25) is 10.0 Å². The highest BCUT2D eigenvalue weighted by Gasteiger charge is 2.19. The minimum Gasteiger partial charge on any atom is -0.495 e. The minimum absolute atomic E-state index is 0.197. The van der Waals surface area contributed by atoms with E-state index >= 15 is 0 Å². The molecule has 0 heterocycles. The second-order valence-electron chi connectivity index (χ2n) is 3.57. The Hall–Kier alpha value is -0.160. The lowest BCUT2D eigenvalue weighted by Gasteiger charge is -2.13. The van der Waals surface area contributed by atoms with Gasteiger partial charge in [0.25, 0.3) is 0 Å². The predicted molar refractivity (Wildman–Crippen MR) is 71.3 cm³/mol. The third-order valence-corrected chi connectivity index (χ3v) is 4.19. The van der Waals surface area contributed by atoms with E-state index in [1.54, 1.807) is 0 Å². The first-order valence-corrected chi connectivity index (χ1v) is 7.84. The van der Waals surface area contributed by atoms with Gasteiger partial charge in [-0.1, -0.05) is 23.2 Å². The van der Waals surface area contributed by atoms with Crippen LogP contribution < -0.4 is 4.74 Å². The lowest BCUT2D eigenvalue weighted by Crippen LogP contribution is -2.09. The molecule has 0 fully saturated rings. The maximum atomic E-state index is 11.1. The molecular weight excluding hydrogens is 307 g/mol. The van der Waals surface area contributed by atoms with Gasteiger partial charge in [-0.3, -0.25) is 0 Å². The molecule has 0 aliphatic carbocycles. The Balaban J connectivity index is 3.11. The number of ether oxygens (including phenoxy) is 1.